The summed E-state index contributed by atoms with van der Waals surface area (Å²) in [4.78, 5) is 0. The summed E-state index contributed by atoms with van der Waals surface area (Å²) in [6.45, 7) is 5.97. The van der Waals surface area contributed by atoms with E-state index in [0.717, 1.165) is 24.5 Å². The van der Waals surface area contributed by atoms with E-state index in [4.69, 9.17) is 4.63 Å². The predicted octanol–water partition coefficient (Wildman–Crippen LogP) is 2.60. The van der Waals surface area contributed by atoms with E-state index in [-0.39, 0.29) is 0 Å². The van der Waals surface area contributed by atoms with Crippen molar-refractivity contribution in [1.82, 2.24) is 20.2 Å². The quantitative estimate of drug-likeness (QED) is 0.910. The van der Waals surface area contributed by atoms with E-state index in [2.05, 4.69) is 39.5 Å². The van der Waals surface area contributed by atoms with Crippen LogP contribution >= 0.6 is 0 Å². The molecule has 0 spiro atoms. The summed E-state index contributed by atoms with van der Waals surface area (Å²) in [5, 5.41) is 11.5. The van der Waals surface area contributed by atoms with E-state index in [1.807, 2.05) is 6.92 Å². The fourth-order valence-corrected chi connectivity index (χ4v) is 2.94. The van der Waals surface area contributed by atoms with Crippen LogP contribution in [0.5, 0.6) is 0 Å². The third-order valence-corrected chi connectivity index (χ3v) is 4.03. The van der Waals surface area contributed by atoms with E-state index < -0.39 is 0 Å². The summed E-state index contributed by atoms with van der Waals surface area (Å²) in [6, 6.07) is 0.511. The largest absolute Gasteiger partial charge is 0.348 e. The van der Waals surface area contributed by atoms with Gasteiger partial charge >= 0.3 is 0 Å². The Morgan fingerprint density at radius 2 is 2.30 bits per heavy atom. The molecule has 0 aromatic carbocycles. The second-order valence-corrected chi connectivity index (χ2v) is 5.61. The Morgan fingerprint density at radius 1 is 1.40 bits per heavy atom. The maximum absolute atomic E-state index is 4.77. The van der Waals surface area contributed by atoms with Crippen LogP contribution in [0.1, 0.15) is 54.7 Å². The zero-order valence-corrected chi connectivity index (χ0v) is 12.2. The Hall–Kier alpha value is -1.62. The topological polar surface area (TPSA) is 55.9 Å². The van der Waals surface area contributed by atoms with Gasteiger partial charge in [0.2, 0.25) is 0 Å². The Morgan fingerprint density at radius 3 is 3.05 bits per heavy atom. The molecule has 1 N–H and O–H groups in total. The van der Waals surface area contributed by atoms with E-state index in [1.54, 1.807) is 0 Å². The second-order valence-electron chi connectivity index (χ2n) is 5.61. The third-order valence-electron chi connectivity index (χ3n) is 4.03. The van der Waals surface area contributed by atoms with Crippen molar-refractivity contribution in [3.63, 3.8) is 0 Å². The number of hydrogen-bond acceptors (Lipinski definition) is 4. The molecular formula is C15H22N4O. The van der Waals surface area contributed by atoms with E-state index >= 15 is 0 Å². The van der Waals surface area contributed by atoms with Crippen molar-refractivity contribution in [2.45, 2.75) is 52.1 Å². The van der Waals surface area contributed by atoms with Crippen molar-refractivity contribution < 1.29 is 4.63 Å². The maximum atomic E-state index is 4.77. The van der Waals surface area contributed by atoms with Crippen LogP contribution in [0.25, 0.3) is 0 Å². The maximum Gasteiger partial charge on any atom is 0.127 e. The minimum Gasteiger partial charge on any atom is -0.348 e. The van der Waals surface area contributed by atoms with Gasteiger partial charge in [0.15, 0.2) is 0 Å². The van der Waals surface area contributed by atoms with Crippen LogP contribution in [0, 0.1) is 6.92 Å². The number of nitrogens with one attached hydrogen (secondary N) is 1. The van der Waals surface area contributed by atoms with Crippen LogP contribution in [0.4, 0.5) is 0 Å². The molecule has 0 saturated carbocycles. The van der Waals surface area contributed by atoms with Gasteiger partial charge in [0.05, 0.1) is 6.54 Å². The molecule has 2 aromatic heterocycles. The Balaban J connectivity index is 1.78. The minimum atomic E-state index is 0.511. The van der Waals surface area contributed by atoms with Crippen molar-refractivity contribution in [3.05, 3.63) is 34.9 Å². The van der Waals surface area contributed by atoms with Gasteiger partial charge in [0.25, 0.3) is 0 Å². The molecule has 1 atom stereocenters. The van der Waals surface area contributed by atoms with Crippen molar-refractivity contribution in [3.8, 4) is 0 Å². The molecule has 5 heteroatoms. The summed E-state index contributed by atoms with van der Waals surface area (Å²) < 4.78 is 6.98. The highest BCUT2D eigenvalue weighted by Gasteiger charge is 2.21. The van der Waals surface area contributed by atoms with Gasteiger partial charge < -0.3 is 9.88 Å². The van der Waals surface area contributed by atoms with Gasteiger partial charge in [0.1, 0.15) is 11.4 Å². The van der Waals surface area contributed by atoms with Crippen molar-refractivity contribution in [2.24, 2.45) is 0 Å². The molecule has 0 fully saturated rings. The number of fused-ring (bicyclic) bond motifs is 1. The molecule has 20 heavy (non-hydrogen) atoms. The van der Waals surface area contributed by atoms with Gasteiger partial charge in [-0.3, -0.25) is 0 Å². The first-order valence-electron chi connectivity index (χ1n) is 7.48. The van der Waals surface area contributed by atoms with E-state index in [9.17, 15) is 0 Å². The minimum absolute atomic E-state index is 0.511. The first-order valence-corrected chi connectivity index (χ1v) is 7.48. The molecule has 1 unspecified atom stereocenters. The van der Waals surface area contributed by atoms with E-state index in [1.165, 1.54) is 36.8 Å². The highest BCUT2D eigenvalue weighted by molar-refractivity contribution is 5.30. The average Bonchev–Trinajstić information content (AvgIpc) is 3.03. The van der Waals surface area contributed by atoms with Crippen molar-refractivity contribution >= 4 is 0 Å². The number of nitrogens with zero attached hydrogens (tertiary/aromatic N) is 3. The van der Waals surface area contributed by atoms with Crippen LogP contribution in [-0.2, 0) is 13.0 Å². The van der Waals surface area contributed by atoms with Gasteiger partial charge in [-0.05, 0) is 50.3 Å². The lowest BCUT2D eigenvalue weighted by Crippen LogP contribution is -2.24. The highest BCUT2D eigenvalue weighted by atomic mass is 16.6. The smallest absolute Gasteiger partial charge is 0.127 e. The number of hydrogen-bond donors (Lipinski definition) is 1. The normalized spacial score (nSPS) is 18.2. The average molecular weight is 274 g/mol. The molecule has 0 aliphatic heterocycles. The van der Waals surface area contributed by atoms with Crippen LogP contribution in [0.3, 0.4) is 0 Å². The molecule has 1 aliphatic rings. The molecule has 0 radical (unpaired) electrons. The van der Waals surface area contributed by atoms with Gasteiger partial charge in [-0.2, -0.15) is 0 Å². The second kappa shape index (κ2) is 5.79. The van der Waals surface area contributed by atoms with E-state index in [0.29, 0.717) is 6.04 Å². The Labute approximate surface area is 119 Å². The van der Waals surface area contributed by atoms with Gasteiger partial charge in [-0.25, -0.2) is 4.63 Å². The van der Waals surface area contributed by atoms with Gasteiger partial charge in [-0.15, -0.1) is 0 Å². The first-order chi connectivity index (χ1) is 9.78. The molecular weight excluding hydrogens is 252 g/mol. The standard InChI is InChI=1S/C15H22N4O/c1-3-7-16-14-6-4-5-12-8-19(9-13(12)14)10-15-11(2)17-20-18-15/h8-9,14,16H,3-7,10H2,1-2H3. The fourth-order valence-electron chi connectivity index (χ4n) is 2.94. The summed E-state index contributed by atoms with van der Waals surface area (Å²) in [7, 11) is 0. The van der Waals surface area contributed by atoms with Crippen molar-refractivity contribution in [1.29, 1.82) is 0 Å². The Kier molecular flexibility index (Phi) is 3.87. The number of aryl methyl sites for hydroxylation is 2. The molecule has 3 rings (SSSR count). The number of aromatic nitrogens is 3. The summed E-state index contributed by atoms with van der Waals surface area (Å²) in [6.07, 6.45) is 9.38. The molecule has 1 aliphatic carbocycles. The zero-order chi connectivity index (χ0) is 13.9. The van der Waals surface area contributed by atoms with Gasteiger partial charge in [-0.1, -0.05) is 17.2 Å². The van der Waals surface area contributed by atoms with Crippen LogP contribution in [0.2, 0.25) is 0 Å². The Bertz CT molecular complexity index is 572. The highest BCUT2D eigenvalue weighted by Crippen LogP contribution is 2.30. The molecule has 5 nitrogen and oxygen atoms in total. The van der Waals surface area contributed by atoms with Gasteiger partial charge in [0, 0.05) is 18.4 Å². The van der Waals surface area contributed by atoms with Crippen molar-refractivity contribution in [2.75, 3.05) is 6.54 Å². The summed E-state index contributed by atoms with van der Waals surface area (Å²) >= 11 is 0. The molecule has 0 bridgehead atoms. The molecule has 2 aromatic rings. The first kappa shape index (κ1) is 13.4. The monoisotopic (exact) mass is 274 g/mol. The lowest BCUT2D eigenvalue weighted by Gasteiger charge is -2.23. The molecule has 0 amide bonds. The zero-order valence-electron chi connectivity index (χ0n) is 12.2. The summed E-state index contributed by atoms with van der Waals surface area (Å²) in [5.74, 6) is 0. The SMILES string of the molecule is CCCNC1CCCc2cn(Cc3nonc3C)cc21. The lowest BCUT2D eigenvalue weighted by molar-refractivity contribution is 0.300. The predicted molar refractivity (Wildman–Crippen MR) is 76.5 cm³/mol. The number of rotatable bonds is 5. The fraction of sp³-hybridized carbons (Fsp3) is 0.600. The molecule has 2 heterocycles. The third kappa shape index (κ3) is 2.63. The van der Waals surface area contributed by atoms with Crippen LogP contribution in [-0.4, -0.2) is 21.4 Å². The lowest BCUT2D eigenvalue weighted by atomic mass is 9.91. The molecule has 108 valence electrons. The van der Waals surface area contributed by atoms with Crippen LogP contribution in [0.15, 0.2) is 17.0 Å². The molecule has 0 saturated heterocycles. The van der Waals surface area contributed by atoms with Crippen LogP contribution < -0.4 is 5.32 Å². The summed E-state index contributed by atoms with van der Waals surface area (Å²) in [5.41, 5.74) is 4.71.